The first-order valence-corrected chi connectivity index (χ1v) is 15.8. The Hall–Kier alpha value is -2.26. The number of halogens is 2. The number of carbonyl (C=O) groups is 1. The summed E-state index contributed by atoms with van der Waals surface area (Å²) in [6, 6.07) is 11.3. The lowest BCUT2D eigenvalue weighted by Crippen LogP contribution is -2.45. The average Bonchev–Trinajstić information content (AvgIpc) is 3.38. The summed E-state index contributed by atoms with van der Waals surface area (Å²) in [7, 11) is -3.74. The molecular weight excluding hydrogens is 543 g/mol. The fraction of sp³-hybridized carbons (Fsp3) is 0.414. The number of fused-ring (bicyclic) bond motifs is 1. The van der Waals surface area contributed by atoms with Gasteiger partial charge >= 0.3 is 0 Å². The number of amides is 1. The number of hydrogen-bond acceptors (Lipinski definition) is 4. The van der Waals surface area contributed by atoms with Crippen molar-refractivity contribution < 1.29 is 17.6 Å². The van der Waals surface area contributed by atoms with Gasteiger partial charge in [-0.05, 0) is 97.5 Å². The Morgan fingerprint density at radius 1 is 1.11 bits per heavy atom. The molecule has 5 rings (SSSR count). The second-order valence-corrected chi connectivity index (χ2v) is 13.5. The first-order chi connectivity index (χ1) is 18.2. The van der Waals surface area contributed by atoms with Gasteiger partial charge in [0.1, 0.15) is 5.82 Å². The van der Waals surface area contributed by atoms with Crippen LogP contribution in [0.25, 0.3) is 0 Å². The van der Waals surface area contributed by atoms with Crippen molar-refractivity contribution in [2.24, 2.45) is 0 Å². The van der Waals surface area contributed by atoms with E-state index in [1.54, 1.807) is 47.7 Å². The summed E-state index contributed by atoms with van der Waals surface area (Å²) in [5, 5.41) is 2.57. The van der Waals surface area contributed by atoms with Gasteiger partial charge in [-0.2, -0.15) is 4.31 Å². The lowest BCUT2D eigenvalue weighted by molar-refractivity contribution is -0.133. The zero-order valence-corrected chi connectivity index (χ0v) is 24.0. The van der Waals surface area contributed by atoms with Crippen molar-refractivity contribution >= 4 is 38.9 Å². The molecule has 9 heteroatoms. The second-order valence-electron chi connectivity index (χ2n) is 10.3. The molecule has 0 radical (unpaired) electrons. The number of carbonyl (C=O) groups excluding carboxylic acids is 1. The van der Waals surface area contributed by atoms with Gasteiger partial charge in [-0.1, -0.05) is 30.2 Å². The Balaban J connectivity index is 1.37. The Labute approximate surface area is 233 Å². The van der Waals surface area contributed by atoms with Gasteiger partial charge in [-0.25, -0.2) is 12.8 Å². The van der Waals surface area contributed by atoms with Gasteiger partial charge in [-0.3, -0.25) is 4.79 Å². The highest BCUT2D eigenvalue weighted by atomic mass is 35.5. The van der Waals surface area contributed by atoms with Crippen LogP contribution in [0.2, 0.25) is 5.02 Å². The highest BCUT2D eigenvalue weighted by molar-refractivity contribution is 7.89. The molecule has 0 N–H and O–H groups in total. The van der Waals surface area contributed by atoms with Gasteiger partial charge in [0.2, 0.25) is 15.9 Å². The molecule has 5 nitrogen and oxygen atoms in total. The largest absolute Gasteiger partial charge is 0.331 e. The Bertz CT molecular complexity index is 1460. The number of hydrogen-bond donors (Lipinski definition) is 0. The number of rotatable bonds is 6. The topological polar surface area (TPSA) is 57.7 Å². The molecule has 1 saturated heterocycles. The number of nitrogens with zero attached hydrogens (tertiary/aromatic N) is 2. The van der Waals surface area contributed by atoms with Gasteiger partial charge in [0, 0.05) is 35.5 Å². The zero-order valence-electron chi connectivity index (χ0n) is 21.6. The van der Waals surface area contributed by atoms with E-state index in [1.807, 2.05) is 22.4 Å². The Morgan fingerprint density at radius 3 is 2.71 bits per heavy atom. The minimum atomic E-state index is -3.74. The molecule has 38 heavy (non-hydrogen) atoms. The third-order valence-electron chi connectivity index (χ3n) is 7.76. The Kier molecular flexibility index (Phi) is 7.96. The number of benzene rings is 2. The van der Waals surface area contributed by atoms with E-state index in [2.05, 4.69) is 0 Å². The minimum Gasteiger partial charge on any atom is -0.331 e. The highest BCUT2D eigenvalue weighted by Crippen LogP contribution is 2.39. The molecule has 3 heterocycles. The van der Waals surface area contributed by atoms with E-state index in [0.717, 1.165) is 42.4 Å². The van der Waals surface area contributed by atoms with Crippen LogP contribution in [0.15, 0.2) is 52.7 Å². The molecule has 0 aliphatic carbocycles. The molecule has 0 spiro atoms. The van der Waals surface area contributed by atoms with Crippen molar-refractivity contribution in [3.8, 4) is 0 Å². The van der Waals surface area contributed by atoms with E-state index in [4.69, 9.17) is 11.6 Å². The standard InChI is InChI=1S/C29H32ClFN2O3S2/c1-19-17-27(20(2)16-25(19)30)38(35,36)33-13-4-3-8-23(33)9-10-28(34)32-14-11-26-24(12-15-37-26)29(32)21-6-5-7-22(31)18-21/h5-7,12,15-18,23,29H,3-4,8-11,13-14H2,1-2H3. The van der Waals surface area contributed by atoms with Crippen LogP contribution in [0.1, 0.15) is 65.3 Å². The maximum atomic E-state index is 14.1. The summed E-state index contributed by atoms with van der Waals surface area (Å²) in [6.07, 6.45) is 3.90. The van der Waals surface area contributed by atoms with Gasteiger partial charge in [-0.15, -0.1) is 11.3 Å². The monoisotopic (exact) mass is 574 g/mol. The van der Waals surface area contributed by atoms with Crippen molar-refractivity contribution in [1.82, 2.24) is 9.21 Å². The fourth-order valence-electron chi connectivity index (χ4n) is 5.79. The van der Waals surface area contributed by atoms with Crippen molar-refractivity contribution in [3.05, 3.63) is 85.8 Å². The van der Waals surface area contributed by atoms with Crippen molar-refractivity contribution in [2.75, 3.05) is 13.1 Å². The fourth-order valence-corrected chi connectivity index (χ4v) is 8.93. The van der Waals surface area contributed by atoms with Gasteiger partial charge < -0.3 is 4.90 Å². The summed E-state index contributed by atoms with van der Waals surface area (Å²) in [6.45, 7) is 4.57. The van der Waals surface area contributed by atoms with Gasteiger partial charge in [0.05, 0.1) is 10.9 Å². The molecule has 0 saturated carbocycles. The van der Waals surface area contributed by atoms with E-state index in [9.17, 15) is 17.6 Å². The van der Waals surface area contributed by atoms with Crippen LogP contribution in [0.5, 0.6) is 0 Å². The van der Waals surface area contributed by atoms with Crippen LogP contribution in [-0.2, 0) is 21.2 Å². The van der Waals surface area contributed by atoms with Gasteiger partial charge in [0.25, 0.3) is 0 Å². The summed E-state index contributed by atoms with van der Waals surface area (Å²) < 4.78 is 43.3. The average molecular weight is 575 g/mol. The van der Waals surface area contributed by atoms with E-state index >= 15 is 0 Å². The van der Waals surface area contributed by atoms with E-state index in [-0.39, 0.29) is 35.1 Å². The molecule has 3 aromatic rings. The third-order valence-corrected chi connectivity index (χ3v) is 11.3. The quantitative estimate of drug-likeness (QED) is 0.331. The molecule has 2 atom stereocenters. The van der Waals surface area contributed by atoms with E-state index in [0.29, 0.717) is 30.1 Å². The van der Waals surface area contributed by atoms with Crippen LogP contribution in [-0.4, -0.2) is 42.7 Å². The Morgan fingerprint density at radius 2 is 1.92 bits per heavy atom. The molecule has 0 bridgehead atoms. The van der Waals surface area contributed by atoms with Gasteiger partial charge in [0.15, 0.2) is 0 Å². The van der Waals surface area contributed by atoms with Crippen LogP contribution < -0.4 is 0 Å². The van der Waals surface area contributed by atoms with Crippen LogP contribution in [0.4, 0.5) is 4.39 Å². The maximum Gasteiger partial charge on any atom is 0.243 e. The summed E-state index contributed by atoms with van der Waals surface area (Å²) in [5.74, 6) is -0.356. The predicted octanol–water partition coefficient (Wildman–Crippen LogP) is 6.66. The molecule has 2 aliphatic rings. The third kappa shape index (κ3) is 5.28. The molecule has 202 valence electrons. The zero-order chi connectivity index (χ0) is 27.0. The van der Waals surface area contributed by atoms with Crippen LogP contribution >= 0.6 is 22.9 Å². The molecule has 2 aromatic carbocycles. The summed E-state index contributed by atoms with van der Waals surface area (Å²) in [5.41, 5.74) is 3.16. The summed E-state index contributed by atoms with van der Waals surface area (Å²) in [4.78, 5) is 17.0. The van der Waals surface area contributed by atoms with Crippen molar-refractivity contribution in [2.45, 2.75) is 69.4 Å². The van der Waals surface area contributed by atoms with Crippen LogP contribution in [0.3, 0.4) is 0 Å². The SMILES string of the molecule is Cc1cc(S(=O)(=O)N2CCCCC2CCC(=O)N2CCc3sccc3C2c2cccc(F)c2)c(C)cc1Cl. The minimum absolute atomic E-state index is 0.0300. The molecule has 1 aromatic heterocycles. The number of aryl methyl sites for hydroxylation is 2. The maximum absolute atomic E-state index is 14.1. The molecule has 1 fully saturated rings. The first kappa shape index (κ1) is 27.3. The number of piperidine rings is 1. The predicted molar refractivity (Wildman–Crippen MR) is 150 cm³/mol. The summed E-state index contributed by atoms with van der Waals surface area (Å²) >= 11 is 7.90. The smallest absolute Gasteiger partial charge is 0.243 e. The van der Waals surface area contributed by atoms with Crippen molar-refractivity contribution in [1.29, 1.82) is 0 Å². The number of thiophene rings is 1. The lowest BCUT2D eigenvalue weighted by Gasteiger charge is -2.38. The van der Waals surface area contributed by atoms with Crippen molar-refractivity contribution in [3.63, 3.8) is 0 Å². The van der Waals surface area contributed by atoms with Crippen LogP contribution in [0, 0.1) is 19.7 Å². The molecule has 2 unspecified atom stereocenters. The molecule has 1 amide bonds. The molecule has 2 aliphatic heterocycles. The number of sulfonamides is 1. The van der Waals surface area contributed by atoms with E-state index < -0.39 is 10.0 Å². The normalized spacial score (nSPS) is 20.4. The lowest BCUT2D eigenvalue weighted by atomic mass is 9.92. The molecular formula is C29H32ClFN2O3S2. The second kappa shape index (κ2) is 11.1. The first-order valence-electron chi connectivity index (χ1n) is 13.1. The highest BCUT2D eigenvalue weighted by Gasteiger charge is 2.37. The van der Waals surface area contributed by atoms with E-state index in [1.165, 1.54) is 17.0 Å².